The first-order chi connectivity index (χ1) is 6.59. The maximum atomic E-state index is 11.2. The number of anilines is 1. The Labute approximate surface area is 79.9 Å². The van der Waals surface area contributed by atoms with Crippen molar-refractivity contribution in [2.75, 3.05) is 5.32 Å². The van der Waals surface area contributed by atoms with Gasteiger partial charge in [0.25, 0.3) is 5.69 Å². The molecule has 1 aliphatic rings. The molecule has 1 N–H and O–H groups in total. The fourth-order valence-corrected chi connectivity index (χ4v) is 1.52. The van der Waals surface area contributed by atoms with E-state index in [9.17, 15) is 14.9 Å². The van der Waals surface area contributed by atoms with Crippen molar-refractivity contribution >= 4 is 17.3 Å². The van der Waals surface area contributed by atoms with E-state index in [4.69, 9.17) is 0 Å². The van der Waals surface area contributed by atoms with E-state index in [2.05, 4.69) is 5.32 Å². The van der Waals surface area contributed by atoms with Gasteiger partial charge in [0, 0.05) is 17.8 Å². The van der Waals surface area contributed by atoms with Gasteiger partial charge in [0.1, 0.15) is 0 Å². The van der Waals surface area contributed by atoms with Crippen LogP contribution in [0.3, 0.4) is 0 Å². The molecule has 72 valence electrons. The molecule has 5 heteroatoms. The van der Waals surface area contributed by atoms with Crippen molar-refractivity contribution in [1.82, 2.24) is 0 Å². The Morgan fingerprint density at radius 3 is 2.86 bits per heavy atom. The van der Waals surface area contributed by atoms with Gasteiger partial charge in [-0.15, -0.1) is 0 Å². The number of amides is 1. The summed E-state index contributed by atoms with van der Waals surface area (Å²) in [5.41, 5.74) is 1.39. The second kappa shape index (κ2) is 2.80. The lowest BCUT2D eigenvalue weighted by atomic mass is 10.0. The highest BCUT2D eigenvalue weighted by molar-refractivity contribution is 6.02. The number of carbonyl (C=O) groups excluding carboxylic acids is 1. The summed E-state index contributed by atoms with van der Waals surface area (Å²) in [6.07, 6.45) is 0. The Hall–Kier alpha value is -1.91. The second-order valence-electron chi connectivity index (χ2n) is 3.24. The topological polar surface area (TPSA) is 72.2 Å². The summed E-state index contributed by atoms with van der Waals surface area (Å²) in [5.74, 6) is -0.412. The lowest BCUT2D eigenvalue weighted by Crippen LogP contribution is -2.08. The Balaban J connectivity index is 2.51. The number of rotatable bonds is 1. The molecule has 1 aliphatic heterocycles. The Kier molecular flexibility index (Phi) is 1.73. The predicted molar refractivity (Wildman–Crippen MR) is 50.1 cm³/mol. The molecule has 1 amide bonds. The molecular weight excluding hydrogens is 184 g/mol. The van der Waals surface area contributed by atoms with Gasteiger partial charge in [-0.25, -0.2) is 0 Å². The highest BCUT2D eigenvalue weighted by atomic mass is 16.6. The molecule has 0 saturated carbocycles. The van der Waals surface area contributed by atoms with Gasteiger partial charge in [-0.2, -0.15) is 0 Å². The predicted octanol–water partition coefficient (Wildman–Crippen LogP) is 1.65. The lowest BCUT2D eigenvalue weighted by molar-refractivity contribution is -0.384. The van der Waals surface area contributed by atoms with Crippen molar-refractivity contribution in [1.29, 1.82) is 0 Å². The fraction of sp³-hybridized carbons (Fsp3) is 0.222. The summed E-state index contributed by atoms with van der Waals surface area (Å²) in [6.45, 7) is 1.73. The SMILES string of the molecule is CC1C(=O)Nc2ccc([N+](=O)[O-])cc21. The number of carbonyl (C=O) groups is 1. The molecule has 1 unspecified atom stereocenters. The van der Waals surface area contributed by atoms with Crippen LogP contribution in [0.25, 0.3) is 0 Å². The first kappa shape index (κ1) is 8.68. The van der Waals surface area contributed by atoms with E-state index >= 15 is 0 Å². The number of non-ortho nitro benzene ring substituents is 1. The van der Waals surface area contributed by atoms with E-state index in [1.54, 1.807) is 13.0 Å². The molecular formula is C9H8N2O3. The maximum absolute atomic E-state index is 11.2. The zero-order chi connectivity index (χ0) is 10.3. The van der Waals surface area contributed by atoms with Crippen LogP contribution in [-0.4, -0.2) is 10.8 Å². The summed E-state index contributed by atoms with van der Waals surface area (Å²) >= 11 is 0. The Morgan fingerprint density at radius 2 is 2.21 bits per heavy atom. The van der Waals surface area contributed by atoms with Gasteiger partial charge in [0.05, 0.1) is 10.8 Å². The van der Waals surface area contributed by atoms with Gasteiger partial charge >= 0.3 is 0 Å². The van der Waals surface area contributed by atoms with Crippen LogP contribution in [0.15, 0.2) is 18.2 Å². The number of benzene rings is 1. The monoisotopic (exact) mass is 192 g/mol. The molecule has 0 spiro atoms. The number of nitro benzene ring substituents is 1. The number of fused-ring (bicyclic) bond motifs is 1. The van der Waals surface area contributed by atoms with Gasteiger partial charge < -0.3 is 5.32 Å². The van der Waals surface area contributed by atoms with E-state index in [0.717, 1.165) is 0 Å². The van der Waals surface area contributed by atoms with Gasteiger partial charge in [-0.1, -0.05) is 0 Å². The summed E-state index contributed by atoms with van der Waals surface area (Å²) in [4.78, 5) is 21.3. The van der Waals surface area contributed by atoms with Gasteiger partial charge in [0.15, 0.2) is 0 Å². The Morgan fingerprint density at radius 1 is 1.50 bits per heavy atom. The van der Waals surface area contributed by atoms with Crippen LogP contribution < -0.4 is 5.32 Å². The number of hydrogen-bond donors (Lipinski definition) is 1. The normalized spacial score (nSPS) is 18.9. The van der Waals surface area contributed by atoms with Crippen LogP contribution in [0, 0.1) is 10.1 Å². The zero-order valence-corrected chi connectivity index (χ0v) is 7.48. The molecule has 0 saturated heterocycles. The molecule has 1 atom stereocenters. The minimum atomic E-state index is -0.463. The molecule has 1 heterocycles. The van der Waals surface area contributed by atoms with Crippen molar-refractivity contribution in [2.24, 2.45) is 0 Å². The first-order valence-electron chi connectivity index (χ1n) is 4.19. The minimum Gasteiger partial charge on any atom is -0.325 e. The maximum Gasteiger partial charge on any atom is 0.269 e. The van der Waals surface area contributed by atoms with Crippen molar-refractivity contribution in [3.05, 3.63) is 33.9 Å². The third-order valence-electron chi connectivity index (χ3n) is 2.36. The molecule has 0 aliphatic carbocycles. The van der Waals surface area contributed by atoms with Crippen molar-refractivity contribution < 1.29 is 9.72 Å². The summed E-state index contributed by atoms with van der Waals surface area (Å²) in [6, 6.07) is 4.39. The van der Waals surface area contributed by atoms with Crippen molar-refractivity contribution in [3.8, 4) is 0 Å². The van der Waals surface area contributed by atoms with Gasteiger partial charge in [-0.3, -0.25) is 14.9 Å². The summed E-state index contributed by atoms with van der Waals surface area (Å²) in [7, 11) is 0. The van der Waals surface area contributed by atoms with E-state index in [0.29, 0.717) is 11.3 Å². The van der Waals surface area contributed by atoms with Crippen molar-refractivity contribution in [2.45, 2.75) is 12.8 Å². The van der Waals surface area contributed by atoms with Crippen molar-refractivity contribution in [3.63, 3.8) is 0 Å². The van der Waals surface area contributed by atoms with Crippen LogP contribution >= 0.6 is 0 Å². The Bertz CT molecular complexity index is 428. The molecule has 5 nitrogen and oxygen atoms in total. The summed E-state index contributed by atoms with van der Waals surface area (Å²) < 4.78 is 0. The minimum absolute atomic E-state index is 0.0205. The van der Waals surface area contributed by atoms with Gasteiger partial charge in [-0.05, 0) is 18.6 Å². The van der Waals surface area contributed by atoms with Crippen LogP contribution in [0.5, 0.6) is 0 Å². The fourth-order valence-electron chi connectivity index (χ4n) is 1.52. The van der Waals surface area contributed by atoms with E-state index in [-0.39, 0.29) is 17.5 Å². The average molecular weight is 192 g/mol. The highest BCUT2D eigenvalue weighted by Gasteiger charge is 2.27. The smallest absolute Gasteiger partial charge is 0.269 e. The molecule has 14 heavy (non-hydrogen) atoms. The third kappa shape index (κ3) is 1.14. The van der Waals surface area contributed by atoms with Crippen LogP contribution in [0.4, 0.5) is 11.4 Å². The third-order valence-corrected chi connectivity index (χ3v) is 2.36. The number of hydrogen-bond acceptors (Lipinski definition) is 3. The molecule has 1 aromatic rings. The van der Waals surface area contributed by atoms with E-state index in [1.165, 1.54) is 12.1 Å². The van der Waals surface area contributed by atoms with Crippen LogP contribution in [0.1, 0.15) is 18.4 Å². The van der Waals surface area contributed by atoms with E-state index in [1.807, 2.05) is 0 Å². The van der Waals surface area contributed by atoms with Gasteiger partial charge in [0.2, 0.25) is 5.91 Å². The molecule has 1 aromatic carbocycles. The quantitative estimate of drug-likeness (QED) is 0.543. The van der Waals surface area contributed by atoms with Crippen LogP contribution in [-0.2, 0) is 4.79 Å². The molecule has 0 aromatic heterocycles. The summed E-state index contributed by atoms with van der Waals surface area (Å²) in [5, 5.41) is 13.1. The highest BCUT2D eigenvalue weighted by Crippen LogP contribution is 2.34. The van der Waals surface area contributed by atoms with E-state index < -0.39 is 4.92 Å². The van der Waals surface area contributed by atoms with Crippen LogP contribution in [0.2, 0.25) is 0 Å². The molecule has 0 bridgehead atoms. The second-order valence-corrected chi connectivity index (χ2v) is 3.24. The number of nitro groups is 1. The first-order valence-corrected chi connectivity index (χ1v) is 4.19. The molecule has 0 fully saturated rings. The molecule has 0 radical (unpaired) electrons. The zero-order valence-electron chi connectivity index (χ0n) is 7.48. The average Bonchev–Trinajstić information content (AvgIpc) is 2.43. The molecule has 2 rings (SSSR count). The number of nitrogens with one attached hydrogen (secondary N) is 1. The number of nitrogens with zero attached hydrogens (tertiary/aromatic N) is 1. The standard InChI is InChI=1S/C9H8N2O3/c1-5-7-4-6(11(13)14)2-3-8(7)10-9(5)12/h2-5H,1H3,(H,10,12). The largest absolute Gasteiger partial charge is 0.325 e. The lowest BCUT2D eigenvalue weighted by Gasteiger charge is -1.99.